The highest BCUT2D eigenvalue weighted by Crippen LogP contribution is 2.31. The minimum Gasteiger partial charge on any atom is -0.356 e. The van der Waals surface area contributed by atoms with Gasteiger partial charge in [0.15, 0.2) is 0 Å². The topological polar surface area (TPSA) is 16.1 Å². The normalized spacial score (nSPS) is 15.9. The van der Waals surface area contributed by atoms with Crippen molar-refractivity contribution in [3.63, 3.8) is 0 Å². The van der Waals surface area contributed by atoms with Crippen molar-refractivity contribution in [2.24, 2.45) is 5.92 Å². The number of aromatic nitrogens is 1. The number of halogens is 1. The summed E-state index contributed by atoms with van der Waals surface area (Å²) in [6.07, 6.45) is 6.13. The largest absolute Gasteiger partial charge is 0.356 e. The van der Waals surface area contributed by atoms with E-state index in [1.54, 1.807) is 0 Å². The Hall–Kier alpha value is -0.570. The van der Waals surface area contributed by atoms with Gasteiger partial charge in [0.05, 0.1) is 4.47 Å². The Bertz CT molecular complexity index is 361. The van der Waals surface area contributed by atoms with Gasteiger partial charge in [-0.3, -0.25) is 0 Å². The number of hydrogen-bond acceptors (Lipinski definition) is 2. The second-order valence-corrected chi connectivity index (χ2v) is 5.51. The van der Waals surface area contributed by atoms with Crippen molar-refractivity contribution in [1.29, 1.82) is 0 Å². The van der Waals surface area contributed by atoms with E-state index in [2.05, 4.69) is 45.7 Å². The van der Waals surface area contributed by atoms with Gasteiger partial charge >= 0.3 is 0 Å². The predicted octanol–water partition coefficient (Wildman–Crippen LogP) is 3.78. The molecule has 88 valence electrons. The van der Waals surface area contributed by atoms with Crippen LogP contribution in [0.5, 0.6) is 0 Å². The van der Waals surface area contributed by atoms with Crippen LogP contribution in [0, 0.1) is 12.8 Å². The molecule has 0 spiro atoms. The molecule has 0 saturated heterocycles. The molecular weight excluding hydrogens is 264 g/mol. The Morgan fingerprint density at radius 1 is 1.50 bits per heavy atom. The van der Waals surface area contributed by atoms with Crippen molar-refractivity contribution >= 4 is 21.7 Å². The summed E-state index contributed by atoms with van der Waals surface area (Å²) in [7, 11) is 0. The van der Waals surface area contributed by atoms with E-state index in [0.29, 0.717) is 0 Å². The molecule has 16 heavy (non-hydrogen) atoms. The third-order valence-corrected chi connectivity index (χ3v) is 3.93. The summed E-state index contributed by atoms with van der Waals surface area (Å²) in [6, 6.07) is 2.14. The third-order valence-electron chi connectivity index (χ3n) is 3.34. The third kappa shape index (κ3) is 2.57. The second kappa shape index (κ2) is 5.17. The van der Waals surface area contributed by atoms with Crippen LogP contribution >= 0.6 is 15.9 Å². The van der Waals surface area contributed by atoms with Crippen LogP contribution in [-0.4, -0.2) is 18.1 Å². The fourth-order valence-corrected chi connectivity index (χ4v) is 2.83. The quantitative estimate of drug-likeness (QED) is 0.836. The van der Waals surface area contributed by atoms with Gasteiger partial charge in [0.2, 0.25) is 0 Å². The Labute approximate surface area is 106 Å². The van der Waals surface area contributed by atoms with E-state index in [4.69, 9.17) is 0 Å². The fraction of sp³-hybridized carbons (Fsp3) is 0.615. The number of rotatable bonds is 4. The summed E-state index contributed by atoms with van der Waals surface area (Å²) < 4.78 is 1.12. The van der Waals surface area contributed by atoms with Gasteiger partial charge in [0, 0.05) is 19.3 Å². The number of anilines is 1. The predicted molar refractivity (Wildman–Crippen MR) is 71.9 cm³/mol. The average molecular weight is 283 g/mol. The zero-order valence-corrected chi connectivity index (χ0v) is 11.6. The summed E-state index contributed by atoms with van der Waals surface area (Å²) >= 11 is 3.61. The second-order valence-electron chi connectivity index (χ2n) is 4.65. The van der Waals surface area contributed by atoms with Crippen LogP contribution in [0.3, 0.4) is 0 Å². The Morgan fingerprint density at radius 2 is 2.25 bits per heavy atom. The molecule has 1 aliphatic carbocycles. The van der Waals surface area contributed by atoms with Crippen LogP contribution in [0.15, 0.2) is 16.7 Å². The molecule has 2 nitrogen and oxygen atoms in total. The number of hydrogen-bond donors (Lipinski definition) is 0. The van der Waals surface area contributed by atoms with Gasteiger partial charge in [-0.05, 0) is 60.2 Å². The van der Waals surface area contributed by atoms with Crippen LogP contribution in [0.25, 0.3) is 0 Å². The smallest absolute Gasteiger partial charge is 0.142 e. The van der Waals surface area contributed by atoms with Gasteiger partial charge in [-0.25, -0.2) is 4.98 Å². The zero-order chi connectivity index (χ0) is 11.5. The highest BCUT2D eigenvalue weighted by atomic mass is 79.9. The monoisotopic (exact) mass is 282 g/mol. The molecule has 1 aromatic rings. The highest BCUT2D eigenvalue weighted by molar-refractivity contribution is 9.10. The van der Waals surface area contributed by atoms with Crippen LogP contribution in [-0.2, 0) is 0 Å². The summed E-state index contributed by atoms with van der Waals surface area (Å²) in [6.45, 7) is 6.47. The first-order chi connectivity index (χ1) is 7.70. The average Bonchev–Trinajstić information content (AvgIpc) is 2.18. The molecule has 1 saturated carbocycles. The van der Waals surface area contributed by atoms with E-state index >= 15 is 0 Å². The summed E-state index contributed by atoms with van der Waals surface area (Å²) in [5.74, 6) is 1.98. The first-order valence-corrected chi connectivity index (χ1v) is 6.87. The van der Waals surface area contributed by atoms with Crippen molar-refractivity contribution in [2.45, 2.75) is 33.1 Å². The van der Waals surface area contributed by atoms with E-state index in [1.165, 1.54) is 24.8 Å². The van der Waals surface area contributed by atoms with Crippen LogP contribution in [0.2, 0.25) is 0 Å². The molecule has 0 amide bonds. The minimum absolute atomic E-state index is 0.884. The number of nitrogens with zero attached hydrogens (tertiary/aromatic N) is 2. The maximum absolute atomic E-state index is 4.54. The molecule has 1 heterocycles. The molecule has 0 N–H and O–H groups in total. The van der Waals surface area contributed by atoms with E-state index in [9.17, 15) is 0 Å². The van der Waals surface area contributed by atoms with Gasteiger partial charge in [-0.15, -0.1) is 0 Å². The summed E-state index contributed by atoms with van der Waals surface area (Å²) in [5.41, 5.74) is 1.20. The van der Waals surface area contributed by atoms with Gasteiger partial charge in [0.1, 0.15) is 5.82 Å². The van der Waals surface area contributed by atoms with Gasteiger partial charge in [-0.1, -0.05) is 6.42 Å². The highest BCUT2D eigenvalue weighted by Gasteiger charge is 2.21. The molecule has 1 aromatic heterocycles. The van der Waals surface area contributed by atoms with E-state index < -0.39 is 0 Å². The molecule has 0 radical (unpaired) electrons. The standard InChI is InChI=1S/C13H19BrN2/c1-3-16(9-11-5-4-6-11)13-12(14)7-10(2)8-15-13/h7-8,11H,3-6,9H2,1-2H3. The first kappa shape index (κ1) is 11.9. The fourth-order valence-electron chi connectivity index (χ4n) is 2.11. The maximum atomic E-state index is 4.54. The first-order valence-electron chi connectivity index (χ1n) is 6.07. The molecule has 1 fully saturated rings. The van der Waals surface area contributed by atoms with E-state index in [-0.39, 0.29) is 0 Å². The van der Waals surface area contributed by atoms with Gasteiger partial charge < -0.3 is 4.90 Å². The lowest BCUT2D eigenvalue weighted by Crippen LogP contribution is -2.33. The minimum atomic E-state index is 0.884. The van der Waals surface area contributed by atoms with Crippen molar-refractivity contribution in [3.8, 4) is 0 Å². The SMILES string of the molecule is CCN(CC1CCC1)c1ncc(C)cc1Br. The molecule has 0 aromatic carbocycles. The molecular formula is C13H19BrN2. The van der Waals surface area contributed by atoms with Crippen molar-refractivity contribution in [2.75, 3.05) is 18.0 Å². The molecule has 0 atom stereocenters. The van der Waals surface area contributed by atoms with Crippen molar-refractivity contribution in [3.05, 3.63) is 22.3 Å². The number of aryl methyl sites for hydroxylation is 1. The lowest BCUT2D eigenvalue weighted by atomic mass is 9.85. The molecule has 0 unspecified atom stereocenters. The van der Waals surface area contributed by atoms with Gasteiger partial charge in [-0.2, -0.15) is 0 Å². The Kier molecular flexibility index (Phi) is 3.85. The lowest BCUT2D eigenvalue weighted by molar-refractivity contribution is 0.318. The van der Waals surface area contributed by atoms with E-state index in [0.717, 1.165) is 29.3 Å². The molecule has 3 heteroatoms. The maximum Gasteiger partial charge on any atom is 0.142 e. The van der Waals surface area contributed by atoms with Crippen LogP contribution in [0.4, 0.5) is 5.82 Å². The summed E-state index contributed by atoms with van der Waals surface area (Å²) in [5, 5.41) is 0. The zero-order valence-electron chi connectivity index (χ0n) is 10.0. The van der Waals surface area contributed by atoms with Crippen LogP contribution < -0.4 is 4.90 Å². The molecule has 0 aliphatic heterocycles. The Balaban J connectivity index is 2.11. The lowest BCUT2D eigenvalue weighted by Gasteiger charge is -2.32. The van der Waals surface area contributed by atoms with Gasteiger partial charge in [0.25, 0.3) is 0 Å². The van der Waals surface area contributed by atoms with Crippen LogP contribution in [0.1, 0.15) is 31.7 Å². The molecule has 0 bridgehead atoms. The molecule has 1 aliphatic rings. The van der Waals surface area contributed by atoms with Crippen molar-refractivity contribution < 1.29 is 0 Å². The number of pyridine rings is 1. The Morgan fingerprint density at radius 3 is 2.75 bits per heavy atom. The summed E-state index contributed by atoms with van der Waals surface area (Å²) in [4.78, 5) is 6.92. The molecule has 2 rings (SSSR count). The van der Waals surface area contributed by atoms with Crippen molar-refractivity contribution in [1.82, 2.24) is 4.98 Å². The van der Waals surface area contributed by atoms with E-state index in [1.807, 2.05) is 6.20 Å².